The minimum absolute atomic E-state index is 0. The van der Waals surface area contributed by atoms with Crippen LogP contribution >= 0.6 is 25.3 Å². The summed E-state index contributed by atoms with van der Waals surface area (Å²) in [7, 11) is 0. The molecule has 20 heteroatoms. The SMILES string of the molecule is CC(C)[C@H](NC(=O)[C@H](C)NC(=O)[C@@H](N)CS)C(=O)N[C@H](C(=O)N1CCC[C@H]1C(=O)N[C@@H](CCC(N)=O)C(=O)N[C@@H](CS)C(=O)O)C(C)C.[Cu+2]. The summed E-state index contributed by atoms with van der Waals surface area (Å²) in [5.41, 5.74) is 10.9. The zero-order valence-corrected chi connectivity index (χ0v) is 30.9. The smallest absolute Gasteiger partial charge is 0.480 e. The van der Waals surface area contributed by atoms with Crippen molar-refractivity contribution in [1.29, 1.82) is 0 Å². The third kappa shape index (κ3) is 14.4. The molecule has 1 heterocycles. The molecule has 1 fully saturated rings. The zero-order chi connectivity index (χ0) is 36.9. The molecule has 1 saturated heterocycles. The predicted octanol–water partition coefficient (Wildman–Crippen LogP) is -2.73. The van der Waals surface area contributed by atoms with E-state index in [-0.39, 0.29) is 54.4 Å². The molecular weight excluding hydrogens is 732 g/mol. The summed E-state index contributed by atoms with van der Waals surface area (Å²) >= 11 is 7.88. The summed E-state index contributed by atoms with van der Waals surface area (Å²) in [6.07, 6.45) is 0.171. The van der Waals surface area contributed by atoms with Crippen LogP contribution < -0.4 is 38.1 Å². The minimum atomic E-state index is -1.36. The van der Waals surface area contributed by atoms with Gasteiger partial charge in [-0.25, -0.2) is 4.79 Å². The average Bonchev–Trinajstić information content (AvgIpc) is 3.51. The Kier molecular flexibility index (Phi) is 20.5. The fourth-order valence-corrected chi connectivity index (χ4v) is 5.21. The molecule has 281 valence electrons. The molecule has 10 N–H and O–H groups in total. The normalized spacial score (nSPS) is 17.8. The fraction of sp³-hybridized carbons (Fsp3) is 0.724. The maximum Gasteiger partial charge on any atom is 2.00 e. The molecule has 0 bridgehead atoms. The third-order valence-corrected chi connectivity index (χ3v) is 8.47. The molecule has 0 aromatic rings. The maximum absolute atomic E-state index is 13.8. The van der Waals surface area contributed by atoms with E-state index in [2.05, 4.69) is 51.8 Å². The first-order valence-electron chi connectivity index (χ1n) is 15.7. The minimum Gasteiger partial charge on any atom is -0.480 e. The van der Waals surface area contributed by atoms with Gasteiger partial charge < -0.3 is 48.1 Å². The Morgan fingerprint density at radius 1 is 0.776 bits per heavy atom. The van der Waals surface area contributed by atoms with Crippen LogP contribution in [0.15, 0.2) is 0 Å². The van der Waals surface area contributed by atoms with Gasteiger partial charge in [0.2, 0.25) is 41.4 Å². The van der Waals surface area contributed by atoms with Gasteiger partial charge in [0.25, 0.3) is 0 Å². The number of hydrogen-bond acceptors (Lipinski definition) is 11. The Bertz CT molecular complexity index is 1210. The molecule has 0 aromatic heterocycles. The van der Waals surface area contributed by atoms with Crippen LogP contribution in [-0.2, 0) is 55.4 Å². The molecule has 49 heavy (non-hydrogen) atoms. The second kappa shape index (κ2) is 21.9. The van der Waals surface area contributed by atoms with Crippen LogP contribution in [-0.4, -0.2) is 118 Å². The summed E-state index contributed by atoms with van der Waals surface area (Å²) in [6, 6.07) is -7.86. The van der Waals surface area contributed by atoms with E-state index in [9.17, 15) is 43.5 Å². The number of thiol groups is 2. The van der Waals surface area contributed by atoms with Gasteiger partial charge in [0.05, 0.1) is 6.04 Å². The summed E-state index contributed by atoms with van der Waals surface area (Å²) in [5, 5.41) is 21.8. The first kappa shape index (κ1) is 45.9. The van der Waals surface area contributed by atoms with Gasteiger partial charge in [-0.05, 0) is 38.0 Å². The number of nitrogens with zero attached hydrogens (tertiary/aromatic N) is 1. The molecule has 0 aliphatic carbocycles. The van der Waals surface area contributed by atoms with Crippen LogP contribution in [0.5, 0.6) is 0 Å². The average molecular weight is 782 g/mol. The second-order valence-electron chi connectivity index (χ2n) is 12.3. The van der Waals surface area contributed by atoms with E-state index in [1.165, 1.54) is 11.8 Å². The van der Waals surface area contributed by atoms with Gasteiger partial charge in [-0.3, -0.25) is 33.6 Å². The van der Waals surface area contributed by atoms with Gasteiger partial charge in [-0.15, -0.1) is 0 Å². The van der Waals surface area contributed by atoms with E-state index in [0.29, 0.717) is 6.42 Å². The molecule has 0 spiro atoms. The van der Waals surface area contributed by atoms with Crippen molar-refractivity contribution in [2.24, 2.45) is 23.3 Å². The number of aliphatic carboxylic acids is 1. The Morgan fingerprint density at radius 3 is 1.84 bits per heavy atom. The molecule has 1 rings (SSSR count). The standard InChI is InChI=1S/C29H50N8O9S2.Cu/c1-13(2)21(35-23(39)15(5)32-24(40)16(30)11-47)27(43)36-22(14(3)4)28(44)37-10-6-7-19(37)26(42)33-17(8-9-20(31)38)25(41)34-18(12-48)29(45)46;/h13-19,21-22,47-48H,6-12,30H2,1-5H3,(H2,31,38)(H,32,40)(H,33,42)(H,34,41)(H,35,39)(H,36,43)(H,45,46);/q;+2/t15-,16-,17-,18-,19-,21-,22-;/m0./s1. The number of carboxylic acids is 1. The van der Waals surface area contributed by atoms with Gasteiger partial charge in [-0.1, -0.05) is 27.7 Å². The number of nitrogens with two attached hydrogens (primary N) is 2. The van der Waals surface area contributed by atoms with Gasteiger partial charge in [0.1, 0.15) is 36.3 Å². The molecule has 0 saturated carbocycles. The molecule has 17 nitrogen and oxygen atoms in total. The second-order valence-corrected chi connectivity index (χ2v) is 13.0. The molecule has 1 aliphatic rings. The van der Waals surface area contributed by atoms with Crippen molar-refractivity contribution < 1.29 is 60.5 Å². The molecule has 0 unspecified atom stereocenters. The zero-order valence-electron chi connectivity index (χ0n) is 28.2. The monoisotopic (exact) mass is 781 g/mol. The van der Waals surface area contributed by atoms with Crippen LogP contribution in [0.2, 0.25) is 0 Å². The largest absolute Gasteiger partial charge is 2.00 e. The van der Waals surface area contributed by atoms with Crippen molar-refractivity contribution in [3.05, 3.63) is 0 Å². The first-order chi connectivity index (χ1) is 22.4. The summed E-state index contributed by atoms with van der Waals surface area (Å²) in [5.74, 6) is -7.15. The van der Waals surface area contributed by atoms with Gasteiger partial charge in [0, 0.05) is 24.5 Å². The number of likely N-dealkylation sites (tertiary alicyclic amines) is 1. The van der Waals surface area contributed by atoms with E-state index >= 15 is 0 Å². The number of hydrogen-bond donors (Lipinski definition) is 10. The van der Waals surface area contributed by atoms with Crippen molar-refractivity contribution >= 4 is 72.6 Å². The molecular formula is C29H50CuN8O9S2+2. The summed E-state index contributed by atoms with van der Waals surface area (Å²) < 4.78 is 0. The van der Waals surface area contributed by atoms with E-state index < -0.39 is 101 Å². The van der Waals surface area contributed by atoms with Crippen LogP contribution in [0.4, 0.5) is 0 Å². The number of carbonyl (C=O) groups is 8. The van der Waals surface area contributed by atoms with E-state index in [0.717, 1.165) is 0 Å². The number of nitrogens with one attached hydrogen (secondary N) is 5. The quantitative estimate of drug-likeness (QED) is 0.0478. The van der Waals surface area contributed by atoms with Crippen LogP contribution in [0.1, 0.15) is 60.3 Å². The van der Waals surface area contributed by atoms with E-state index in [4.69, 9.17) is 11.5 Å². The Hall–Kier alpha value is -3.06. The van der Waals surface area contributed by atoms with Crippen molar-refractivity contribution in [3.63, 3.8) is 0 Å². The van der Waals surface area contributed by atoms with Crippen LogP contribution in [0.25, 0.3) is 0 Å². The molecule has 7 atom stereocenters. The van der Waals surface area contributed by atoms with Gasteiger partial charge in [-0.2, -0.15) is 25.3 Å². The van der Waals surface area contributed by atoms with Crippen LogP contribution in [0.3, 0.4) is 0 Å². The molecule has 1 radical (unpaired) electrons. The predicted molar refractivity (Wildman–Crippen MR) is 181 cm³/mol. The number of amides is 7. The summed E-state index contributed by atoms with van der Waals surface area (Å²) in [6.45, 7) is 8.38. The summed E-state index contributed by atoms with van der Waals surface area (Å²) in [4.78, 5) is 103. The van der Waals surface area contributed by atoms with Crippen LogP contribution in [0, 0.1) is 11.8 Å². The first-order valence-corrected chi connectivity index (χ1v) is 16.9. The number of carbonyl (C=O) groups excluding carboxylic acids is 7. The van der Waals surface area contributed by atoms with E-state index in [1.807, 2.05) is 0 Å². The fourth-order valence-electron chi connectivity index (χ4n) is 4.80. The molecule has 7 amide bonds. The Morgan fingerprint density at radius 2 is 1.35 bits per heavy atom. The Labute approximate surface area is 307 Å². The molecule has 0 aromatic carbocycles. The van der Waals surface area contributed by atoms with Crippen molar-refractivity contribution in [2.45, 2.75) is 103 Å². The number of carboxylic acid groups (broad SMARTS) is 1. The van der Waals surface area contributed by atoms with Gasteiger partial charge >= 0.3 is 23.0 Å². The Balaban J connectivity index is 0.0000230. The van der Waals surface area contributed by atoms with E-state index in [1.54, 1.807) is 27.7 Å². The molecule has 1 aliphatic heterocycles. The van der Waals surface area contributed by atoms with Crippen molar-refractivity contribution in [2.75, 3.05) is 18.1 Å². The van der Waals surface area contributed by atoms with Gasteiger partial charge in [0.15, 0.2) is 0 Å². The number of rotatable bonds is 19. The van der Waals surface area contributed by atoms with Crippen molar-refractivity contribution in [1.82, 2.24) is 31.5 Å². The topological polar surface area (TPSA) is 272 Å². The van der Waals surface area contributed by atoms with Crippen molar-refractivity contribution in [3.8, 4) is 0 Å². The third-order valence-electron chi connectivity index (χ3n) is 7.71. The maximum atomic E-state index is 13.8. The number of primary amides is 1.